The van der Waals surface area contributed by atoms with Crippen molar-refractivity contribution >= 4 is 11.9 Å². The average molecular weight is 334 g/mol. The molecular formula is C20H30O4. The molecule has 0 unspecified atom stereocenters. The summed E-state index contributed by atoms with van der Waals surface area (Å²) in [7, 11) is 0. The van der Waals surface area contributed by atoms with Crippen molar-refractivity contribution in [3.63, 3.8) is 0 Å². The summed E-state index contributed by atoms with van der Waals surface area (Å²) >= 11 is 0. The van der Waals surface area contributed by atoms with E-state index in [1.165, 1.54) is 0 Å². The van der Waals surface area contributed by atoms with Gasteiger partial charge in [0.1, 0.15) is 0 Å². The number of fused-ring (bicyclic) bond motifs is 3. The monoisotopic (exact) mass is 334 g/mol. The Morgan fingerprint density at radius 1 is 0.917 bits per heavy atom. The molecule has 0 aromatic rings. The smallest absolute Gasteiger partial charge is 0.309 e. The number of hydrogen-bond acceptors (Lipinski definition) is 2. The van der Waals surface area contributed by atoms with Crippen LogP contribution in [0.3, 0.4) is 0 Å². The Kier molecular flexibility index (Phi) is 3.41. The summed E-state index contributed by atoms with van der Waals surface area (Å²) in [6.45, 7) is 4.31. The molecule has 4 fully saturated rings. The lowest BCUT2D eigenvalue weighted by atomic mass is 9.41. The van der Waals surface area contributed by atoms with E-state index in [-0.39, 0.29) is 22.7 Å². The fourth-order valence-electron chi connectivity index (χ4n) is 7.99. The molecule has 0 aromatic carbocycles. The first kappa shape index (κ1) is 16.4. The standard InChI is InChI=1S/C20H30O4/c1-18-7-3-8-19(2,17(23)24)14(18)6-9-20-10-12(4-5-15(18)20)13(11-20)16(21)22/h12-15H,3-11H2,1-2H3,(H,21,22)(H,23,24)/t12-,13-,14+,15-,18-,19-,20-/m0/s1. The molecule has 0 aromatic heterocycles. The quantitative estimate of drug-likeness (QED) is 0.794. The molecule has 4 rings (SSSR count). The van der Waals surface area contributed by atoms with Gasteiger partial charge in [-0.3, -0.25) is 9.59 Å². The summed E-state index contributed by atoms with van der Waals surface area (Å²) in [6, 6.07) is 0. The minimum Gasteiger partial charge on any atom is -0.481 e. The number of hydrogen-bond donors (Lipinski definition) is 2. The largest absolute Gasteiger partial charge is 0.481 e. The van der Waals surface area contributed by atoms with Crippen LogP contribution in [0.1, 0.15) is 71.6 Å². The first-order valence-electron chi connectivity index (χ1n) is 9.69. The van der Waals surface area contributed by atoms with Gasteiger partial charge in [-0.1, -0.05) is 13.3 Å². The van der Waals surface area contributed by atoms with Gasteiger partial charge in [0.2, 0.25) is 0 Å². The number of carbonyl (C=O) groups is 2. The molecule has 0 amide bonds. The van der Waals surface area contributed by atoms with Crippen LogP contribution in [0.25, 0.3) is 0 Å². The van der Waals surface area contributed by atoms with Gasteiger partial charge in [-0.25, -0.2) is 0 Å². The van der Waals surface area contributed by atoms with Crippen molar-refractivity contribution in [2.24, 2.45) is 39.9 Å². The second-order valence-corrected chi connectivity index (χ2v) is 9.78. The van der Waals surface area contributed by atoms with Gasteiger partial charge < -0.3 is 10.2 Å². The van der Waals surface area contributed by atoms with E-state index in [0.29, 0.717) is 11.8 Å². The highest BCUT2D eigenvalue weighted by molar-refractivity contribution is 5.75. The number of carboxylic acid groups (broad SMARTS) is 2. The van der Waals surface area contributed by atoms with E-state index in [9.17, 15) is 19.8 Å². The highest BCUT2D eigenvalue weighted by atomic mass is 16.4. The normalized spacial score (nSPS) is 53.1. The second-order valence-electron chi connectivity index (χ2n) is 9.78. The van der Waals surface area contributed by atoms with Gasteiger partial charge in [-0.05, 0) is 86.9 Å². The van der Waals surface area contributed by atoms with Gasteiger partial charge in [0, 0.05) is 0 Å². The lowest BCUT2D eigenvalue weighted by molar-refractivity contribution is -0.181. The Morgan fingerprint density at radius 2 is 1.67 bits per heavy atom. The zero-order chi connectivity index (χ0) is 17.3. The SMILES string of the molecule is C[C@]12CCC[C@](C)(C(=O)O)[C@@H]1CC[C@@]13C[C@H](CC[C@H]12)[C@@H](C(=O)O)C3. The summed E-state index contributed by atoms with van der Waals surface area (Å²) in [6.07, 6.45) is 8.96. The predicted octanol–water partition coefficient (Wildman–Crippen LogP) is 4.18. The summed E-state index contributed by atoms with van der Waals surface area (Å²) in [5.41, 5.74) is -0.355. The maximum Gasteiger partial charge on any atom is 0.309 e. The minimum atomic E-state index is -0.627. The molecule has 24 heavy (non-hydrogen) atoms. The molecule has 4 nitrogen and oxygen atoms in total. The van der Waals surface area contributed by atoms with Crippen molar-refractivity contribution in [3.8, 4) is 0 Å². The third-order valence-electron chi connectivity index (χ3n) is 8.94. The van der Waals surface area contributed by atoms with E-state index in [2.05, 4.69) is 6.92 Å². The lowest BCUT2D eigenvalue weighted by Gasteiger charge is -2.63. The van der Waals surface area contributed by atoms with Crippen molar-refractivity contribution in [1.29, 1.82) is 0 Å². The molecule has 7 atom stereocenters. The number of carboxylic acids is 2. The second kappa shape index (κ2) is 4.98. The fourth-order valence-corrected chi connectivity index (χ4v) is 7.99. The highest BCUT2D eigenvalue weighted by Gasteiger charge is 2.66. The zero-order valence-corrected chi connectivity index (χ0v) is 14.9. The van der Waals surface area contributed by atoms with Gasteiger partial charge in [-0.15, -0.1) is 0 Å². The van der Waals surface area contributed by atoms with Gasteiger partial charge >= 0.3 is 11.9 Å². The van der Waals surface area contributed by atoms with Crippen LogP contribution in [0.5, 0.6) is 0 Å². The molecule has 0 saturated heterocycles. The van der Waals surface area contributed by atoms with E-state index >= 15 is 0 Å². The Balaban J connectivity index is 1.71. The van der Waals surface area contributed by atoms with Crippen LogP contribution in [0.4, 0.5) is 0 Å². The molecular weight excluding hydrogens is 304 g/mol. The van der Waals surface area contributed by atoms with E-state index in [1.807, 2.05) is 6.92 Å². The van der Waals surface area contributed by atoms with E-state index in [1.54, 1.807) is 0 Å². The molecule has 134 valence electrons. The van der Waals surface area contributed by atoms with Crippen molar-refractivity contribution in [2.45, 2.75) is 71.6 Å². The Bertz CT molecular complexity index is 586. The molecule has 4 saturated carbocycles. The Labute approximate surface area is 144 Å². The van der Waals surface area contributed by atoms with Crippen molar-refractivity contribution in [1.82, 2.24) is 0 Å². The van der Waals surface area contributed by atoms with Crippen LogP contribution in [-0.4, -0.2) is 22.2 Å². The predicted molar refractivity (Wildman–Crippen MR) is 89.4 cm³/mol. The molecule has 2 bridgehead atoms. The van der Waals surface area contributed by atoms with Crippen LogP contribution in [0.2, 0.25) is 0 Å². The summed E-state index contributed by atoms with van der Waals surface area (Å²) in [5, 5.41) is 19.5. The molecule has 4 aliphatic rings. The summed E-state index contributed by atoms with van der Waals surface area (Å²) < 4.78 is 0. The number of rotatable bonds is 2. The molecule has 4 heteroatoms. The molecule has 4 aliphatic carbocycles. The molecule has 0 aliphatic heterocycles. The fraction of sp³-hybridized carbons (Fsp3) is 0.900. The first-order chi connectivity index (χ1) is 11.2. The maximum atomic E-state index is 12.1. The van der Waals surface area contributed by atoms with Crippen molar-refractivity contribution in [3.05, 3.63) is 0 Å². The van der Waals surface area contributed by atoms with Crippen LogP contribution in [-0.2, 0) is 9.59 Å². The Hall–Kier alpha value is -1.06. The van der Waals surface area contributed by atoms with Gasteiger partial charge in [-0.2, -0.15) is 0 Å². The molecule has 1 spiro atoms. The van der Waals surface area contributed by atoms with E-state index in [4.69, 9.17) is 0 Å². The van der Waals surface area contributed by atoms with Crippen LogP contribution < -0.4 is 0 Å². The van der Waals surface area contributed by atoms with Gasteiger partial charge in [0.25, 0.3) is 0 Å². The van der Waals surface area contributed by atoms with Crippen LogP contribution in [0, 0.1) is 39.9 Å². The molecule has 2 N–H and O–H groups in total. The topological polar surface area (TPSA) is 74.6 Å². The summed E-state index contributed by atoms with van der Waals surface area (Å²) in [5.74, 6) is -0.282. The molecule has 0 radical (unpaired) electrons. The van der Waals surface area contributed by atoms with Gasteiger partial charge in [0.05, 0.1) is 11.3 Å². The first-order valence-corrected chi connectivity index (χ1v) is 9.69. The van der Waals surface area contributed by atoms with Crippen molar-refractivity contribution in [2.75, 3.05) is 0 Å². The third-order valence-corrected chi connectivity index (χ3v) is 8.94. The summed E-state index contributed by atoms with van der Waals surface area (Å²) in [4.78, 5) is 23.7. The number of aliphatic carboxylic acids is 2. The minimum absolute atomic E-state index is 0.0714. The van der Waals surface area contributed by atoms with Gasteiger partial charge in [0.15, 0.2) is 0 Å². The third kappa shape index (κ3) is 1.91. The average Bonchev–Trinajstić information content (AvgIpc) is 2.78. The maximum absolute atomic E-state index is 12.1. The van der Waals surface area contributed by atoms with Crippen LogP contribution in [0.15, 0.2) is 0 Å². The van der Waals surface area contributed by atoms with E-state index < -0.39 is 17.4 Å². The highest BCUT2D eigenvalue weighted by Crippen LogP contribution is 2.72. The lowest BCUT2D eigenvalue weighted by Crippen LogP contribution is -2.58. The van der Waals surface area contributed by atoms with Crippen LogP contribution >= 0.6 is 0 Å². The zero-order valence-electron chi connectivity index (χ0n) is 14.9. The van der Waals surface area contributed by atoms with Crippen molar-refractivity contribution < 1.29 is 19.8 Å². The van der Waals surface area contributed by atoms with E-state index in [0.717, 1.165) is 57.8 Å². The Morgan fingerprint density at radius 3 is 2.33 bits per heavy atom. The molecule has 0 heterocycles.